The number of nitrogens with zero attached hydrogens (tertiary/aromatic N) is 2. The van der Waals surface area contributed by atoms with Crippen molar-refractivity contribution in [2.45, 2.75) is 0 Å². The van der Waals surface area contributed by atoms with Crippen LogP contribution in [0.5, 0.6) is 0 Å². The summed E-state index contributed by atoms with van der Waals surface area (Å²) < 4.78 is 8.74. The van der Waals surface area contributed by atoms with Crippen LogP contribution in [0.4, 0.5) is 0 Å². The molecule has 3 nitrogen and oxygen atoms in total. The van der Waals surface area contributed by atoms with E-state index in [1.54, 1.807) is 0 Å². The van der Waals surface area contributed by atoms with Gasteiger partial charge in [-0.25, -0.2) is 4.98 Å². The number of benzene rings is 6. The molecule has 0 aliphatic carbocycles. The number of fused-ring (bicyclic) bond motifs is 11. The molecule has 0 saturated heterocycles. The van der Waals surface area contributed by atoms with Crippen LogP contribution in [0.2, 0.25) is 0 Å². The van der Waals surface area contributed by atoms with Crippen LogP contribution >= 0.6 is 0 Å². The van der Waals surface area contributed by atoms with Gasteiger partial charge in [0.25, 0.3) is 0 Å². The normalized spacial score (nSPS) is 12.0. The Bertz CT molecular complexity index is 2430. The molecular formula is C37H22N2O. The molecule has 40 heavy (non-hydrogen) atoms. The highest BCUT2D eigenvalue weighted by Crippen LogP contribution is 2.40. The van der Waals surface area contributed by atoms with Crippen LogP contribution in [0, 0.1) is 0 Å². The summed E-state index contributed by atoms with van der Waals surface area (Å²) >= 11 is 0. The summed E-state index contributed by atoms with van der Waals surface area (Å²) in [5.74, 6) is 0. The molecule has 0 saturated carbocycles. The standard InChI is InChI=1S/C37H22N2O/c1-2-8-26-21-27(18-17-23(26)7-1)24-13-15-25(16-14-24)28-19-20-34-31(22-28)35-29-9-3-4-10-30(29)36-38-32-11-5-6-12-33(32)39(36)37(35)40-34/h1-22H. The summed E-state index contributed by atoms with van der Waals surface area (Å²) in [4.78, 5) is 4.98. The maximum atomic E-state index is 6.57. The van der Waals surface area contributed by atoms with E-state index in [1.165, 1.54) is 33.0 Å². The van der Waals surface area contributed by atoms with Gasteiger partial charge in [0.2, 0.25) is 5.71 Å². The Morgan fingerprint density at radius 3 is 2.00 bits per heavy atom. The summed E-state index contributed by atoms with van der Waals surface area (Å²) in [6, 6.07) is 47.3. The van der Waals surface area contributed by atoms with Gasteiger partial charge in [-0.05, 0) is 68.7 Å². The zero-order chi connectivity index (χ0) is 26.2. The van der Waals surface area contributed by atoms with Crippen molar-refractivity contribution < 1.29 is 4.42 Å². The molecule has 0 aliphatic rings. The third-order valence-electron chi connectivity index (χ3n) is 8.17. The van der Waals surface area contributed by atoms with Gasteiger partial charge in [-0.1, -0.05) is 103 Å². The summed E-state index contributed by atoms with van der Waals surface area (Å²) in [5, 5.41) is 7.03. The number of hydrogen-bond donors (Lipinski definition) is 0. The van der Waals surface area contributed by atoms with Crippen LogP contribution in [-0.2, 0) is 0 Å². The van der Waals surface area contributed by atoms with Crippen LogP contribution in [0.15, 0.2) is 138 Å². The Morgan fingerprint density at radius 1 is 0.500 bits per heavy atom. The number of hydrogen-bond acceptors (Lipinski definition) is 2. The quantitative estimate of drug-likeness (QED) is 0.232. The van der Waals surface area contributed by atoms with Crippen molar-refractivity contribution >= 4 is 60.3 Å². The van der Waals surface area contributed by atoms with Crippen molar-refractivity contribution in [1.82, 2.24) is 9.38 Å². The summed E-state index contributed by atoms with van der Waals surface area (Å²) in [6.45, 7) is 0. The lowest BCUT2D eigenvalue weighted by atomic mass is 9.97. The fourth-order valence-electron chi connectivity index (χ4n) is 6.21. The molecule has 0 fully saturated rings. The van der Waals surface area contributed by atoms with Gasteiger partial charge in [0.15, 0.2) is 0 Å². The zero-order valence-electron chi connectivity index (χ0n) is 21.5. The van der Waals surface area contributed by atoms with Gasteiger partial charge in [0.05, 0.1) is 16.4 Å². The largest absolute Gasteiger partial charge is 0.439 e. The highest BCUT2D eigenvalue weighted by molar-refractivity contribution is 6.22. The van der Waals surface area contributed by atoms with Crippen molar-refractivity contribution in [2.75, 3.05) is 0 Å². The predicted molar refractivity (Wildman–Crippen MR) is 166 cm³/mol. The fraction of sp³-hybridized carbons (Fsp3) is 0. The van der Waals surface area contributed by atoms with Crippen molar-refractivity contribution in [3.8, 4) is 22.3 Å². The van der Waals surface area contributed by atoms with E-state index in [4.69, 9.17) is 9.40 Å². The molecule has 0 bridgehead atoms. The summed E-state index contributed by atoms with van der Waals surface area (Å²) in [7, 11) is 0. The van der Waals surface area contributed by atoms with Gasteiger partial charge in [-0.2, -0.15) is 0 Å². The van der Waals surface area contributed by atoms with Gasteiger partial charge in [0, 0.05) is 10.8 Å². The minimum atomic E-state index is 0.834. The first kappa shape index (κ1) is 21.5. The third kappa shape index (κ3) is 3.03. The average Bonchev–Trinajstić information content (AvgIpc) is 3.60. The van der Waals surface area contributed by atoms with E-state index in [9.17, 15) is 0 Å². The van der Waals surface area contributed by atoms with Crippen molar-refractivity contribution in [1.29, 1.82) is 0 Å². The molecule has 0 radical (unpaired) electrons. The van der Waals surface area contributed by atoms with Gasteiger partial charge in [-0.15, -0.1) is 0 Å². The number of imidazole rings is 1. The number of furan rings is 1. The van der Waals surface area contributed by atoms with Crippen molar-refractivity contribution in [2.24, 2.45) is 0 Å². The first-order valence-electron chi connectivity index (χ1n) is 13.6. The molecular weight excluding hydrogens is 488 g/mol. The SMILES string of the molecule is c1ccc2cc(-c3ccc(-c4ccc5oc6c(c5c4)c4ccccc4c4nc5ccccc5n46)cc3)ccc2c1. The second-order valence-electron chi connectivity index (χ2n) is 10.4. The second kappa shape index (κ2) is 8.05. The first-order valence-corrected chi connectivity index (χ1v) is 13.6. The minimum Gasteiger partial charge on any atom is -0.439 e. The molecule has 9 rings (SSSR count). The maximum Gasteiger partial charge on any atom is 0.215 e. The highest BCUT2D eigenvalue weighted by Gasteiger charge is 2.19. The van der Waals surface area contributed by atoms with Crippen LogP contribution < -0.4 is 0 Å². The highest BCUT2D eigenvalue weighted by atomic mass is 16.3. The predicted octanol–water partition coefficient (Wildman–Crippen LogP) is 10.0. The molecule has 0 atom stereocenters. The lowest BCUT2D eigenvalue weighted by Gasteiger charge is -2.07. The first-order chi connectivity index (χ1) is 19.8. The van der Waals surface area contributed by atoms with Crippen LogP contribution in [0.3, 0.4) is 0 Å². The Hall–Kier alpha value is -5.41. The Kier molecular flexibility index (Phi) is 4.33. The van der Waals surface area contributed by atoms with Gasteiger partial charge in [-0.3, -0.25) is 4.40 Å². The lowest BCUT2D eigenvalue weighted by molar-refractivity contribution is 0.650. The van der Waals surface area contributed by atoms with Crippen molar-refractivity contribution in [3.63, 3.8) is 0 Å². The Morgan fingerprint density at radius 2 is 1.15 bits per heavy atom. The van der Waals surface area contributed by atoms with E-state index in [0.29, 0.717) is 0 Å². The summed E-state index contributed by atoms with van der Waals surface area (Å²) in [6.07, 6.45) is 0. The molecule has 0 aliphatic heterocycles. The monoisotopic (exact) mass is 510 g/mol. The molecule has 0 amide bonds. The summed E-state index contributed by atoms with van der Waals surface area (Å²) in [5.41, 5.74) is 9.44. The van der Waals surface area contributed by atoms with Gasteiger partial charge < -0.3 is 4.42 Å². The van der Waals surface area contributed by atoms with Gasteiger partial charge >= 0.3 is 0 Å². The van der Waals surface area contributed by atoms with E-state index in [1.807, 2.05) is 6.07 Å². The average molecular weight is 511 g/mol. The molecule has 0 unspecified atom stereocenters. The molecule has 9 aromatic rings. The molecule has 186 valence electrons. The Labute approximate surface area is 229 Å². The Balaban J connectivity index is 1.24. The molecule has 3 heterocycles. The molecule has 0 spiro atoms. The number of rotatable bonds is 2. The smallest absolute Gasteiger partial charge is 0.215 e. The third-order valence-corrected chi connectivity index (χ3v) is 8.17. The van der Waals surface area contributed by atoms with E-state index >= 15 is 0 Å². The van der Waals surface area contributed by atoms with Crippen LogP contribution in [0.1, 0.15) is 0 Å². The van der Waals surface area contributed by atoms with Crippen LogP contribution in [-0.4, -0.2) is 9.38 Å². The van der Waals surface area contributed by atoms with Crippen LogP contribution in [0.25, 0.3) is 82.5 Å². The zero-order valence-corrected chi connectivity index (χ0v) is 21.5. The van der Waals surface area contributed by atoms with Crippen molar-refractivity contribution in [3.05, 3.63) is 133 Å². The molecule has 0 N–H and O–H groups in total. The maximum absolute atomic E-state index is 6.57. The fourth-order valence-corrected chi connectivity index (χ4v) is 6.21. The minimum absolute atomic E-state index is 0.834. The molecule has 6 aromatic carbocycles. The van der Waals surface area contributed by atoms with E-state index < -0.39 is 0 Å². The lowest BCUT2D eigenvalue weighted by Crippen LogP contribution is -1.88. The molecule has 3 heteroatoms. The topological polar surface area (TPSA) is 30.4 Å². The molecule has 3 aromatic heterocycles. The number of para-hydroxylation sites is 2. The van der Waals surface area contributed by atoms with E-state index in [2.05, 4.69) is 132 Å². The van der Waals surface area contributed by atoms with E-state index in [0.717, 1.165) is 49.5 Å². The number of pyridine rings is 1. The number of aromatic nitrogens is 2. The van der Waals surface area contributed by atoms with Gasteiger partial charge in [0.1, 0.15) is 11.2 Å². The second-order valence-corrected chi connectivity index (χ2v) is 10.4. The van der Waals surface area contributed by atoms with E-state index in [-0.39, 0.29) is 0 Å².